The predicted octanol–water partition coefficient (Wildman–Crippen LogP) is 1.88. The molecule has 1 aromatic heterocycles. The van der Waals surface area contributed by atoms with Crippen LogP contribution in [0.2, 0.25) is 0 Å². The first-order chi connectivity index (χ1) is 14.5. The second-order valence-electron chi connectivity index (χ2n) is 6.55. The van der Waals surface area contributed by atoms with Gasteiger partial charge in [-0.1, -0.05) is 18.2 Å². The Bertz CT molecular complexity index is 923. The number of nitrogens with zero attached hydrogens (tertiary/aromatic N) is 2. The van der Waals surface area contributed by atoms with Gasteiger partial charge in [0.15, 0.2) is 0 Å². The van der Waals surface area contributed by atoms with Crippen LogP contribution >= 0.6 is 11.3 Å². The minimum atomic E-state index is -0.510. The summed E-state index contributed by atoms with van der Waals surface area (Å²) < 4.78 is 5.30. The predicted molar refractivity (Wildman–Crippen MR) is 113 cm³/mol. The maximum atomic E-state index is 12.7. The summed E-state index contributed by atoms with van der Waals surface area (Å²) in [5, 5.41) is 18.2. The highest BCUT2D eigenvalue weighted by Gasteiger charge is 2.17. The highest BCUT2D eigenvalue weighted by atomic mass is 32.1. The number of rotatable bonds is 8. The topological polar surface area (TPSA) is 114 Å². The molecule has 0 radical (unpaired) electrons. The molecule has 1 aliphatic heterocycles. The number of hydrogen-bond acceptors (Lipinski definition) is 7. The maximum absolute atomic E-state index is 12.7. The lowest BCUT2D eigenvalue weighted by atomic mass is 10.1. The third-order valence-corrected chi connectivity index (χ3v) is 5.32. The van der Waals surface area contributed by atoms with E-state index >= 15 is 0 Å². The number of hydrogen-bond donors (Lipinski definition) is 2. The van der Waals surface area contributed by atoms with E-state index in [-0.39, 0.29) is 11.4 Å². The number of nitro benzene ring substituents is 1. The first-order valence-electron chi connectivity index (χ1n) is 9.42. The van der Waals surface area contributed by atoms with Crippen molar-refractivity contribution in [1.29, 1.82) is 0 Å². The van der Waals surface area contributed by atoms with E-state index in [1.54, 1.807) is 23.6 Å². The molecule has 0 saturated carbocycles. The molecule has 10 heteroatoms. The van der Waals surface area contributed by atoms with E-state index in [1.165, 1.54) is 35.6 Å². The lowest BCUT2D eigenvalue weighted by Crippen LogP contribution is -2.42. The Morgan fingerprint density at radius 1 is 1.23 bits per heavy atom. The fraction of sp³-hybridized carbons (Fsp3) is 0.300. The van der Waals surface area contributed by atoms with Gasteiger partial charge < -0.3 is 15.4 Å². The average Bonchev–Trinajstić information content (AvgIpc) is 3.29. The molecule has 0 aliphatic carbocycles. The molecule has 2 amide bonds. The molecule has 0 bridgehead atoms. The number of carbonyl (C=O) groups is 2. The van der Waals surface area contributed by atoms with Gasteiger partial charge in [-0.2, -0.15) is 0 Å². The van der Waals surface area contributed by atoms with Crippen LogP contribution in [0.1, 0.15) is 15.2 Å². The summed E-state index contributed by atoms with van der Waals surface area (Å²) in [5.74, 6) is -0.871. The van der Waals surface area contributed by atoms with Crippen LogP contribution in [0.4, 0.5) is 5.69 Å². The van der Waals surface area contributed by atoms with Crippen LogP contribution in [0.15, 0.2) is 47.5 Å². The van der Waals surface area contributed by atoms with Crippen molar-refractivity contribution in [3.8, 4) is 0 Å². The number of amides is 2. The maximum Gasteiger partial charge on any atom is 0.270 e. The van der Waals surface area contributed by atoms with Gasteiger partial charge in [-0.15, -0.1) is 11.3 Å². The molecular formula is C20H22N4O5S. The summed E-state index contributed by atoms with van der Waals surface area (Å²) in [4.78, 5) is 38.3. The average molecular weight is 430 g/mol. The monoisotopic (exact) mass is 430 g/mol. The van der Waals surface area contributed by atoms with Gasteiger partial charge >= 0.3 is 0 Å². The zero-order valence-electron chi connectivity index (χ0n) is 16.2. The van der Waals surface area contributed by atoms with Crippen molar-refractivity contribution in [3.05, 3.63) is 68.0 Å². The Balaban J connectivity index is 1.72. The first-order valence-corrected chi connectivity index (χ1v) is 10.3. The van der Waals surface area contributed by atoms with Gasteiger partial charge in [0.2, 0.25) is 0 Å². The molecule has 3 rings (SSSR count). The molecule has 1 aliphatic rings. The van der Waals surface area contributed by atoms with E-state index in [4.69, 9.17) is 4.74 Å². The SMILES string of the molecule is O=C(NCCN1CCOCC1)C(=Cc1cccc([N+](=O)[O-])c1)NC(=O)c1cccs1. The zero-order valence-corrected chi connectivity index (χ0v) is 17.0. The van der Waals surface area contributed by atoms with E-state index in [9.17, 15) is 19.7 Å². The summed E-state index contributed by atoms with van der Waals surface area (Å²) in [6.45, 7) is 4.02. The number of non-ortho nitro benzene ring substituents is 1. The lowest BCUT2D eigenvalue weighted by Gasteiger charge is -2.26. The van der Waals surface area contributed by atoms with Crippen LogP contribution in [0.5, 0.6) is 0 Å². The fourth-order valence-electron chi connectivity index (χ4n) is 2.89. The highest BCUT2D eigenvalue weighted by Crippen LogP contribution is 2.16. The standard InChI is InChI=1S/C20H22N4O5S/c25-19(21-6-7-23-8-10-29-11-9-23)17(22-20(26)18-5-2-12-30-18)14-15-3-1-4-16(13-15)24(27)28/h1-5,12-14H,6-11H2,(H,21,25)(H,22,26). The largest absolute Gasteiger partial charge is 0.379 e. The van der Waals surface area contributed by atoms with Crippen LogP contribution in [-0.2, 0) is 9.53 Å². The summed E-state index contributed by atoms with van der Waals surface area (Å²) in [6, 6.07) is 9.26. The Labute approximate surface area is 177 Å². The van der Waals surface area contributed by atoms with Crippen molar-refractivity contribution in [3.63, 3.8) is 0 Å². The van der Waals surface area contributed by atoms with E-state index in [0.29, 0.717) is 36.7 Å². The van der Waals surface area contributed by atoms with E-state index in [2.05, 4.69) is 15.5 Å². The molecule has 0 atom stereocenters. The second-order valence-corrected chi connectivity index (χ2v) is 7.50. The van der Waals surface area contributed by atoms with Gasteiger partial charge in [0.25, 0.3) is 17.5 Å². The molecule has 2 N–H and O–H groups in total. The molecule has 9 nitrogen and oxygen atoms in total. The summed E-state index contributed by atoms with van der Waals surface area (Å²) in [5.41, 5.74) is 0.366. The van der Waals surface area contributed by atoms with Crippen LogP contribution in [0.3, 0.4) is 0 Å². The summed E-state index contributed by atoms with van der Waals surface area (Å²) >= 11 is 1.26. The van der Waals surface area contributed by atoms with Gasteiger partial charge in [0.05, 0.1) is 23.0 Å². The molecule has 0 spiro atoms. The number of nitro groups is 1. The normalized spacial score (nSPS) is 14.9. The number of carbonyl (C=O) groups excluding carboxylic acids is 2. The van der Waals surface area contributed by atoms with Crippen LogP contribution < -0.4 is 10.6 Å². The van der Waals surface area contributed by atoms with Gasteiger partial charge in [-0.3, -0.25) is 24.6 Å². The Kier molecular flexibility index (Phi) is 7.66. The van der Waals surface area contributed by atoms with E-state index < -0.39 is 16.7 Å². The Morgan fingerprint density at radius 2 is 2.03 bits per heavy atom. The molecule has 1 saturated heterocycles. The van der Waals surface area contributed by atoms with Crippen molar-refractivity contribution in [2.45, 2.75) is 0 Å². The zero-order chi connectivity index (χ0) is 21.3. The molecule has 2 aromatic rings. The minimum absolute atomic E-state index is 0.0240. The minimum Gasteiger partial charge on any atom is -0.379 e. The lowest BCUT2D eigenvalue weighted by molar-refractivity contribution is -0.384. The highest BCUT2D eigenvalue weighted by molar-refractivity contribution is 7.12. The smallest absolute Gasteiger partial charge is 0.270 e. The summed E-state index contributed by atoms with van der Waals surface area (Å²) in [6.07, 6.45) is 1.43. The fourth-order valence-corrected chi connectivity index (χ4v) is 3.51. The Morgan fingerprint density at radius 3 is 2.73 bits per heavy atom. The van der Waals surface area contributed by atoms with Crippen LogP contribution in [-0.4, -0.2) is 61.0 Å². The Hall–Kier alpha value is -3.08. The van der Waals surface area contributed by atoms with Crippen molar-refractivity contribution < 1.29 is 19.2 Å². The van der Waals surface area contributed by atoms with Crippen molar-refractivity contribution >= 4 is 34.9 Å². The third-order valence-electron chi connectivity index (χ3n) is 4.45. The molecule has 2 heterocycles. The van der Waals surface area contributed by atoms with Gasteiger partial charge in [0, 0.05) is 38.3 Å². The number of benzene rings is 1. The second kappa shape index (κ2) is 10.6. The van der Waals surface area contributed by atoms with Crippen LogP contribution in [0.25, 0.3) is 6.08 Å². The molecule has 1 aromatic carbocycles. The quantitative estimate of drug-likeness (QED) is 0.376. The number of ether oxygens (including phenoxy) is 1. The van der Waals surface area contributed by atoms with Gasteiger partial charge in [-0.25, -0.2) is 0 Å². The van der Waals surface area contributed by atoms with E-state index in [0.717, 1.165) is 13.1 Å². The van der Waals surface area contributed by atoms with Crippen molar-refractivity contribution in [1.82, 2.24) is 15.5 Å². The van der Waals surface area contributed by atoms with Crippen molar-refractivity contribution in [2.24, 2.45) is 0 Å². The van der Waals surface area contributed by atoms with Crippen LogP contribution in [0, 0.1) is 10.1 Å². The summed E-state index contributed by atoms with van der Waals surface area (Å²) in [7, 11) is 0. The number of nitrogens with one attached hydrogen (secondary N) is 2. The van der Waals surface area contributed by atoms with Gasteiger partial charge in [-0.05, 0) is 23.1 Å². The van der Waals surface area contributed by atoms with Crippen molar-refractivity contribution in [2.75, 3.05) is 39.4 Å². The number of thiophene rings is 1. The molecule has 1 fully saturated rings. The molecule has 158 valence electrons. The molecule has 0 unspecified atom stereocenters. The molecule has 30 heavy (non-hydrogen) atoms. The first kappa shape index (κ1) is 21.6. The molecular weight excluding hydrogens is 408 g/mol. The number of morpholine rings is 1. The van der Waals surface area contributed by atoms with E-state index in [1.807, 2.05) is 0 Å². The van der Waals surface area contributed by atoms with Gasteiger partial charge in [0.1, 0.15) is 5.70 Å². The third kappa shape index (κ3) is 6.21.